The Morgan fingerprint density at radius 3 is 1.11 bits per heavy atom. The van der Waals surface area contributed by atoms with Crippen molar-refractivity contribution in [3.63, 3.8) is 0 Å². The summed E-state index contributed by atoms with van der Waals surface area (Å²) in [5.41, 5.74) is 2.38. The summed E-state index contributed by atoms with van der Waals surface area (Å²) in [5, 5.41) is 0. The molecule has 0 spiro atoms. The maximum atomic E-state index is 10.2. The van der Waals surface area contributed by atoms with Gasteiger partial charge in [-0.3, -0.25) is 0 Å². The van der Waals surface area contributed by atoms with Crippen LogP contribution < -0.4 is 0 Å². The summed E-state index contributed by atoms with van der Waals surface area (Å²) in [5.74, 6) is 0. The Labute approximate surface area is 139 Å². The maximum absolute atomic E-state index is 10.2. The molecule has 0 heterocycles. The normalized spacial score (nSPS) is 9.05. The standard InChI is InChI=1S/2C7H8OS.Mg/c2*1-6-2-4-7(9-8)5-3-6;/h2*2-5,8H,1H3;/q;;+2/p-2. The Morgan fingerprint density at radius 1 is 0.632 bits per heavy atom. The maximum Gasteiger partial charge on any atom is 2.00 e. The molecule has 2 aromatic rings. The number of hydrogen-bond donors (Lipinski definition) is 0. The van der Waals surface area contributed by atoms with Crippen LogP contribution in [0.3, 0.4) is 0 Å². The fraction of sp³-hybridized carbons (Fsp3) is 0.143. The molecule has 0 N–H and O–H groups in total. The van der Waals surface area contributed by atoms with Crippen molar-refractivity contribution < 1.29 is 9.11 Å². The minimum Gasteiger partial charge on any atom is -0.795 e. The number of benzene rings is 2. The molecule has 0 saturated heterocycles. The van der Waals surface area contributed by atoms with Crippen LogP contribution in [-0.2, 0) is 0 Å². The Hall–Kier alpha value is -0.174. The second kappa shape index (κ2) is 10.6. The van der Waals surface area contributed by atoms with E-state index in [1.165, 1.54) is 11.1 Å². The number of rotatable bonds is 2. The minimum absolute atomic E-state index is 0. The molecule has 0 radical (unpaired) electrons. The largest absolute Gasteiger partial charge is 2.00 e. The van der Waals surface area contributed by atoms with Crippen molar-refractivity contribution in [1.29, 1.82) is 0 Å². The minimum atomic E-state index is 0. The van der Waals surface area contributed by atoms with E-state index < -0.39 is 0 Å². The van der Waals surface area contributed by atoms with Gasteiger partial charge in [0.25, 0.3) is 0 Å². The molecular weight excluding hydrogens is 289 g/mol. The fourth-order valence-corrected chi connectivity index (χ4v) is 1.68. The summed E-state index contributed by atoms with van der Waals surface area (Å²) < 4.78 is 20.3. The van der Waals surface area contributed by atoms with Crippen LogP contribution in [0.25, 0.3) is 0 Å². The Kier molecular flexibility index (Phi) is 10.5. The van der Waals surface area contributed by atoms with Gasteiger partial charge in [0.1, 0.15) is 0 Å². The van der Waals surface area contributed by atoms with E-state index in [1.807, 2.05) is 62.4 Å². The van der Waals surface area contributed by atoms with Gasteiger partial charge in [-0.25, -0.2) is 24.1 Å². The molecule has 2 nitrogen and oxygen atoms in total. The van der Waals surface area contributed by atoms with E-state index in [4.69, 9.17) is 0 Å². The first-order chi connectivity index (χ1) is 8.65. The van der Waals surface area contributed by atoms with Crippen molar-refractivity contribution in [3.8, 4) is 0 Å². The molecule has 96 valence electrons. The van der Waals surface area contributed by atoms with E-state index in [9.17, 15) is 9.11 Å². The summed E-state index contributed by atoms with van der Waals surface area (Å²) in [6.45, 7) is 4.00. The molecule has 0 atom stereocenters. The van der Waals surface area contributed by atoms with Gasteiger partial charge in [0, 0.05) is 0 Å². The zero-order valence-electron chi connectivity index (χ0n) is 11.0. The van der Waals surface area contributed by atoms with E-state index in [0.29, 0.717) is 24.1 Å². The monoisotopic (exact) mass is 302 g/mol. The van der Waals surface area contributed by atoms with Gasteiger partial charge < -0.3 is 9.11 Å². The van der Waals surface area contributed by atoms with Crippen LogP contribution >= 0.6 is 24.1 Å². The van der Waals surface area contributed by atoms with E-state index >= 15 is 0 Å². The zero-order chi connectivity index (χ0) is 13.4. The van der Waals surface area contributed by atoms with E-state index in [0.717, 1.165) is 9.79 Å². The summed E-state index contributed by atoms with van der Waals surface area (Å²) in [7, 11) is 0. The SMILES string of the molecule is Cc1ccc(S[O-])cc1.Cc1ccc(S[O-])cc1.[Mg+2]. The van der Waals surface area contributed by atoms with Crippen molar-refractivity contribution in [2.75, 3.05) is 0 Å². The molecule has 19 heavy (non-hydrogen) atoms. The fourth-order valence-electron chi connectivity index (χ4n) is 1.19. The van der Waals surface area contributed by atoms with Gasteiger partial charge in [0.05, 0.1) is 0 Å². The molecular formula is C14H14MgO2S2. The Balaban J connectivity index is 0.000000324. The van der Waals surface area contributed by atoms with Gasteiger partial charge >= 0.3 is 23.1 Å². The van der Waals surface area contributed by atoms with Crippen molar-refractivity contribution >= 4 is 47.1 Å². The molecule has 2 aromatic carbocycles. The molecule has 0 amide bonds. The molecule has 0 aliphatic heterocycles. The average Bonchev–Trinajstić information content (AvgIpc) is 2.41. The van der Waals surface area contributed by atoms with E-state index in [2.05, 4.69) is 0 Å². The van der Waals surface area contributed by atoms with Crippen LogP contribution in [0, 0.1) is 13.8 Å². The molecule has 0 bridgehead atoms. The van der Waals surface area contributed by atoms with Gasteiger partial charge in [0.2, 0.25) is 0 Å². The van der Waals surface area contributed by atoms with E-state index in [-0.39, 0.29) is 23.1 Å². The first-order valence-electron chi connectivity index (χ1n) is 5.38. The number of aryl methyl sites for hydroxylation is 2. The van der Waals surface area contributed by atoms with Crippen LogP contribution in [0.15, 0.2) is 58.3 Å². The Morgan fingerprint density at radius 2 is 0.895 bits per heavy atom. The van der Waals surface area contributed by atoms with Gasteiger partial charge in [0.15, 0.2) is 0 Å². The third-order valence-corrected chi connectivity index (χ3v) is 3.16. The molecule has 0 saturated carbocycles. The van der Waals surface area contributed by atoms with Gasteiger partial charge in [-0.1, -0.05) is 35.4 Å². The first kappa shape index (κ1) is 18.8. The van der Waals surface area contributed by atoms with Crippen LogP contribution in [0.4, 0.5) is 0 Å². The van der Waals surface area contributed by atoms with Crippen molar-refractivity contribution in [3.05, 3.63) is 59.7 Å². The Bertz CT molecular complexity index is 412. The second-order valence-electron chi connectivity index (χ2n) is 3.79. The van der Waals surface area contributed by atoms with Gasteiger partial charge in [-0.2, -0.15) is 0 Å². The molecule has 0 unspecified atom stereocenters. The summed E-state index contributed by atoms with van der Waals surface area (Å²) in [4.78, 5) is 1.56. The molecule has 0 aliphatic carbocycles. The molecule has 0 aromatic heterocycles. The van der Waals surface area contributed by atoms with Crippen LogP contribution in [0.2, 0.25) is 0 Å². The quantitative estimate of drug-likeness (QED) is 0.620. The van der Waals surface area contributed by atoms with Crippen molar-refractivity contribution in [2.24, 2.45) is 0 Å². The zero-order valence-corrected chi connectivity index (χ0v) is 14.0. The van der Waals surface area contributed by atoms with Crippen LogP contribution in [-0.4, -0.2) is 32.2 Å². The summed E-state index contributed by atoms with van der Waals surface area (Å²) in [6, 6.07) is 15.0. The second-order valence-corrected chi connectivity index (χ2v) is 5.07. The van der Waals surface area contributed by atoms with Gasteiger partial charge in [-0.05, 0) is 47.9 Å². The molecule has 0 fully saturated rings. The smallest absolute Gasteiger partial charge is 0.795 e. The summed E-state index contributed by atoms with van der Waals surface area (Å²) in [6.07, 6.45) is 0. The van der Waals surface area contributed by atoms with E-state index in [1.54, 1.807) is 0 Å². The van der Waals surface area contributed by atoms with Gasteiger partial charge in [-0.15, -0.1) is 0 Å². The topological polar surface area (TPSA) is 46.1 Å². The third-order valence-electron chi connectivity index (χ3n) is 2.23. The van der Waals surface area contributed by atoms with Crippen molar-refractivity contribution in [1.82, 2.24) is 0 Å². The first-order valence-corrected chi connectivity index (χ1v) is 6.87. The summed E-state index contributed by atoms with van der Waals surface area (Å²) >= 11 is 1.05. The van der Waals surface area contributed by atoms with Crippen LogP contribution in [0.1, 0.15) is 11.1 Å². The predicted molar refractivity (Wildman–Crippen MR) is 81.4 cm³/mol. The van der Waals surface area contributed by atoms with Crippen LogP contribution in [0.5, 0.6) is 0 Å². The molecule has 5 heteroatoms. The predicted octanol–water partition coefficient (Wildman–Crippen LogP) is 4.05. The number of hydrogen-bond acceptors (Lipinski definition) is 4. The average molecular weight is 303 g/mol. The molecule has 2 rings (SSSR count). The third kappa shape index (κ3) is 7.87. The molecule has 0 aliphatic rings. The van der Waals surface area contributed by atoms with Crippen molar-refractivity contribution in [2.45, 2.75) is 23.6 Å².